The molecular weight excluding hydrogens is 162 g/mol. The third-order valence-electron chi connectivity index (χ3n) is 2.52. The summed E-state index contributed by atoms with van der Waals surface area (Å²) >= 11 is 0. The first kappa shape index (κ1) is 10.1. The summed E-state index contributed by atoms with van der Waals surface area (Å²) in [5.74, 6) is 0. The number of hydrogen-bond donors (Lipinski definition) is 0. The van der Waals surface area contributed by atoms with Crippen LogP contribution < -0.4 is 0 Å². The first-order valence-corrected chi connectivity index (χ1v) is 4.78. The first-order valence-electron chi connectivity index (χ1n) is 4.78. The second-order valence-electron chi connectivity index (χ2n) is 4.62. The molecule has 0 aromatic rings. The zero-order valence-electron chi connectivity index (χ0n) is 8.62. The molecule has 0 radical (unpaired) electrons. The SMILES string of the molecule is CC(C)(C)C1=CCCC(N=[N+]=[N-])C1. The van der Waals surface area contributed by atoms with Crippen molar-refractivity contribution in [1.29, 1.82) is 0 Å². The van der Waals surface area contributed by atoms with E-state index < -0.39 is 0 Å². The molecule has 72 valence electrons. The van der Waals surface area contributed by atoms with Gasteiger partial charge < -0.3 is 0 Å². The molecule has 0 aromatic carbocycles. The van der Waals surface area contributed by atoms with E-state index in [1.165, 1.54) is 5.57 Å². The van der Waals surface area contributed by atoms with E-state index in [1.807, 2.05) is 0 Å². The molecule has 1 atom stereocenters. The molecule has 1 aliphatic carbocycles. The van der Waals surface area contributed by atoms with Gasteiger partial charge in [0.15, 0.2) is 0 Å². The van der Waals surface area contributed by atoms with Crippen molar-refractivity contribution in [2.24, 2.45) is 10.5 Å². The molecule has 0 heterocycles. The lowest BCUT2D eigenvalue weighted by Gasteiger charge is -2.28. The van der Waals surface area contributed by atoms with Crippen molar-refractivity contribution in [2.45, 2.75) is 46.1 Å². The lowest BCUT2D eigenvalue weighted by molar-refractivity contribution is 0.437. The molecule has 0 amide bonds. The molecule has 1 rings (SSSR count). The van der Waals surface area contributed by atoms with Gasteiger partial charge in [-0.15, -0.1) is 0 Å². The van der Waals surface area contributed by atoms with Gasteiger partial charge in [0.2, 0.25) is 0 Å². The molecule has 1 aliphatic rings. The molecule has 3 nitrogen and oxygen atoms in total. The Balaban J connectivity index is 2.70. The van der Waals surface area contributed by atoms with Crippen LogP contribution in [0.1, 0.15) is 40.0 Å². The number of nitrogens with zero attached hydrogens (tertiary/aromatic N) is 3. The predicted octanol–water partition coefficient (Wildman–Crippen LogP) is 3.82. The molecule has 0 N–H and O–H groups in total. The monoisotopic (exact) mass is 179 g/mol. The fourth-order valence-electron chi connectivity index (χ4n) is 1.67. The number of azide groups is 1. The van der Waals surface area contributed by atoms with Crippen LogP contribution in [0.2, 0.25) is 0 Å². The molecule has 0 aromatic heterocycles. The van der Waals surface area contributed by atoms with Crippen molar-refractivity contribution in [3.05, 3.63) is 22.1 Å². The quantitative estimate of drug-likeness (QED) is 0.254. The van der Waals surface area contributed by atoms with Gasteiger partial charge in [-0.05, 0) is 30.2 Å². The van der Waals surface area contributed by atoms with Crippen molar-refractivity contribution < 1.29 is 0 Å². The molecule has 1 unspecified atom stereocenters. The lowest BCUT2D eigenvalue weighted by Crippen LogP contribution is -2.18. The van der Waals surface area contributed by atoms with Crippen molar-refractivity contribution in [2.75, 3.05) is 0 Å². The topological polar surface area (TPSA) is 48.8 Å². The molecule has 0 fully saturated rings. The van der Waals surface area contributed by atoms with E-state index in [0.717, 1.165) is 19.3 Å². The molecular formula is C10H17N3. The largest absolute Gasteiger partial charge is 0.0903 e. The summed E-state index contributed by atoms with van der Waals surface area (Å²) in [5.41, 5.74) is 10.00. The molecule has 0 spiro atoms. The van der Waals surface area contributed by atoms with E-state index in [4.69, 9.17) is 5.53 Å². The van der Waals surface area contributed by atoms with Crippen molar-refractivity contribution in [3.63, 3.8) is 0 Å². The smallest absolute Gasteiger partial charge is 0.0414 e. The van der Waals surface area contributed by atoms with Crippen LogP contribution in [0.5, 0.6) is 0 Å². The van der Waals surface area contributed by atoms with Crippen LogP contribution in [-0.2, 0) is 0 Å². The van der Waals surface area contributed by atoms with Gasteiger partial charge in [0, 0.05) is 11.0 Å². The fourth-order valence-corrected chi connectivity index (χ4v) is 1.67. The molecule has 3 heteroatoms. The van der Waals surface area contributed by atoms with Crippen LogP contribution in [0.4, 0.5) is 0 Å². The fraction of sp³-hybridized carbons (Fsp3) is 0.800. The summed E-state index contributed by atoms with van der Waals surface area (Å²) in [6.45, 7) is 6.62. The summed E-state index contributed by atoms with van der Waals surface area (Å²) in [7, 11) is 0. The summed E-state index contributed by atoms with van der Waals surface area (Å²) in [4.78, 5) is 2.87. The summed E-state index contributed by atoms with van der Waals surface area (Å²) in [5, 5.41) is 3.79. The Kier molecular flexibility index (Phi) is 2.99. The van der Waals surface area contributed by atoms with Crippen LogP contribution in [-0.4, -0.2) is 6.04 Å². The van der Waals surface area contributed by atoms with E-state index in [9.17, 15) is 0 Å². The lowest BCUT2D eigenvalue weighted by atomic mass is 9.79. The highest BCUT2D eigenvalue weighted by Crippen LogP contribution is 2.34. The average Bonchev–Trinajstić information content (AvgIpc) is 2.04. The maximum Gasteiger partial charge on any atom is 0.0414 e. The van der Waals surface area contributed by atoms with Gasteiger partial charge in [-0.25, -0.2) is 0 Å². The first-order chi connectivity index (χ1) is 6.04. The van der Waals surface area contributed by atoms with Crippen LogP contribution in [0.15, 0.2) is 16.8 Å². The Hall–Kier alpha value is -0.950. The van der Waals surface area contributed by atoms with E-state index in [1.54, 1.807) is 0 Å². The average molecular weight is 179 g/mol. The number of hydrogen-bond acceptors (Lipinski definition) is 1. The second kappa shape index (κ2) is 3.84. The molecule has 0 saturated heterocycles. The Morgan fingerprint density at radius 1 is 1.54 bits per heavy atom. The Morgan fingerprint density at radius 3 is 2.77 bits per heavy atom. The third kappa shape index (κ3) is 2.78. The van der Waals surface area contributed by atoms with E-state index in [-0.39, 0.29) is 11.5 Å². The highest BCUT2D eigenvalue weighted by Gasteiger charge is 2.22. The van der Waals surface area contributed by atoms with Crippen molar-refractivity contribution in [1.82, 2.24) is 0 Å². The van der Waals surface area contributed by atoms with Gasteiger partial charge in [-0.1, -0.05) is 37.5 Å². The Bertz CT molecular complexity index is 254. The minimum atomic E-state index is 0.184. The van der Waals surface area contributed by atoms with E-state index in [0.29, 0.717) is 0 Å². The van der Waals surface area contributed by atoms with E-state index in [2.05, 4.69) is 36.9 Å². The summed E-state index contributed by atoms with van der Waals surface area (Å²) in [6, 6.07) is 0.184. The maximum atomic E-state index is 8.35. The third-order valence-corrected chi connectivity index (χ3v) is 2.52. The van der Waals surface area contributed by atoms with Gasteiger partial charge in [-0.3, -0.25) is 0 Å². The molecule has 0 aliphatic heterocycles. The summed E-state index contributed by atoms with van der Waals surface area (Å²) in [6.07, 6.45) is 5.29. The minimum Gasteiger partial charge on any atom is -0.0903 e. The number of rotatable bonds is 1. The Labute approximate surface area is 79.5 Å². The van der Waals surface area contributed by atoms with Crippen LogP contribution >= 0.6 is 0 Å². The van der Waals surface area contributed by atoms with E-state index >= 15 is 0 Å². The standard InChI is InChI=1S/C10H17N3/c1-10(2,3)8-5-4-6-9(7-8)12-13-11/h5,9H,4,6-7H2,1-3H3. The zero-order chi connectivity index (χ0) is 9.90. The molecule has 13 heavy (non-hydrogen) atoms. The maximum absolute atomic E-state index is 8.35. The molecule has 0 bridgehead atoms. The van der Waals surface area contributed by atoms with Gasteiger partial charge in [0.1, 0.15) is 0 Å². The van der Waals surface area contributed by atoms with Gasteiger partial charge in [0.25, 0.3) is 0 Å². The minimum absolute atomic E-state index is 0.184. The predicted molar refractivity (Wildman–Crippen MR) is 54.3 cm³/mol. The normalized spacial score (nSPS) is 23.3. The van der Waals surface area contributed by atoms with Crippen molar-refractivity contribution >= 4 is 0 Å². The van der Waals surface area contributed by atoms with Crippen molar-refractivity contribution in [3.8, 4) is 0 Å². The highest BCUT2D eigenvalue weighted by atomic mass is 15.1. The van der Waals surface area contributed by atoms with Crippen LogP contribution in [0.3, 0.4) is 0 Å². The number of allylic oxidation sites excluding steroid dienone is 1. The molecule has 0 saturated carbocycles. The second-order valence-corrected chi connectivity index (χ2v) is 4.62. The van der Waals surface area contributed by atoms with Crippen LogP contribution in [0, 0.1) is 5.41 Å². The highest BCUT2D eigenvalue weighted by molar-refractivity contribution is 5.15. The Morgan fingerprint density at radius 2 is 2.23 bits per heavy atom. The van der Waals surface area contributed by atoms with Crippen LogP contribution in [0.25, 0.3) is 10.4 Å². The summed E-state index contributed by atoms with van der Waals surface area (Å²) < 4.78 is 0. The van der Waals surface area contributed by atoms with Gasteiger partial charge in [-0.2, -0.15) is 0 Å². The van der Waals surface area contributed by atoms with Gasteiger partial charge >= 0.3 is 0 Å². The zero-order valence-corrected chi connectivity index (χ0v) is 8.62. The van der Waals surface area contributed by atoms with Gasteiger partial charge in [0.05, 0.1) is 0 Å².